The minimum atomic E-state index is -0.983. The van der Waals surface area contributed by atoms with Crippen molar-refractivity contribution in [1.82, 2.24) is 0 Å². The highest BCUT2D eigenvalue weighted by Crippen LogP contribution is 2.27. The minimum Gasteiger partial charge on any atom is -0.506 e. The Morgan fingerprint density at radius 2 is 1.36 bits per heavy atom. The Hall–Kier alpha value is -1.95. The number of phenolic OH excluding ortho intramolecular Hbond substituents is 1. The number of halogens is 3. The summed E-state index contributed by atoms with van der Waals surface area (Å²) >= 11 is 17.4. The van der Waals surface area contributed by atoms with Gasteiger partial charge in [-0.1, -0.05) is 34.8 Å². The van der Waals surface area contributed by atoms with Gasteiger partial charge in [-0.25, -0.2) is 0 Å². The lowest BCUT2D eigenvalue weighted by Crippen LogP contribution is -2.29. The smallest absolute Gasteiger partial charge is 0.314 e. The van der Waals surface area contributed by atoms with Gasteiger partial charge in [0, 0.05) is 10.0 Å². The number of hydrogen-bond donors (Lipinski definition) is 3. The van der Waals surface area contributed by atoms with Gasteiger partial charge in [0.1, 0.15) is 5.75 Å². The van der Waals surface area contributed by atoms with E-state index in [-0.39, 0.29) is 22.1 Å². The van der Waals surface area contributed by atoms with Crippen molar-refractivity contribution in [3.05, 3.63) is 51.5 Å². The number of hydrogen-bond acceptors (Lipinski definition) is 3. The zero-order valence-electron chi connectivity index (χ0n) is 10.9. The van der Waals surface area contributed by atoms with Crippen molar-refractivity contribution in [3.63, 3.8) is 0 Å². The van der Waals surface area contributed by atoms with Crippen LogP contribution in [-0.4, -0.2) is 16.9 Å². The Kier molecular flexibility index (Phi) is 5.13. The molecule has 0 aromatic heterocycles. The normalized spacial score (nSPS) is 10.1. The molecule has 2 aromatic rings. The summed E-state index contributed by atoms with van der Waals surface area (Å²) in [6, 6.07) is 8.47. The number of aromatic hydroxyl groups is 1. The fourth-order valence-corrected chi connectivity index (χ4v) is 2.19. The van der Waals surface area contributed by atoms with Crippen LogP contribution in [0.15, 0.2) is 36.4 Å². The Bertz CT molecular complexity index is 750. The van der Waals surface area contributed by atoms with Gasteiger partial charge >= 0.3 is 11.8 Å². The molecule has 2 rings (SSSR count). The largest absolute Gasteiger partial charge is 0.506 e. The van der Waals surface area contributed by atoms with E-state index >= 15 is 0 Å². The number of carbonyl (C=O) groups is 2. The molecule has 0 bridgehead atoms. The van der Waals surface area contributed by atoms with E-state index in [4.69, 9.17) is 34.8 Å². The van der Waals surface area contributed by atoms with Crippen molar-refractivity contribution in [2.75, 3.05) is 10.6 Å². The fourth-order valence-electron chi connectivity index (χ4n) is 1.56. The number of carbonyl (C=O) groups excluding carboxylic acids is 2. The van der Waals surface area contributed by atoms with Crippen molar-refractivity contribution in [2.24, 2.45) is 0 Å². The summed E-state index contributed by atoms with van der Waals surface area (Å²) in [5, 5.41) is 15.1. The van der Waals surface area contributed by atoms with Crippen LogP contribution in [0.2, 0.25) is 15.1 Å². The van der Waals surface area contributed by atoms with Crippen LogP contribution < -0.4 is 10.6 Å². The zero-order valence-corrected chi connectivity index (χ0v) is 13.1. The minimum absolute atomic E-state index is 0.0230. The third-order valence-corrected chi connectivity index (χ3v) is 3.38. The second-order valence-corrected chi connectivity index (χ2v) is 5.47. The first kappa shape index (κ1) is 16.4. The molecule has 114 valence electrons. The quantitative estimate of drug-likeness (QED) is 0.561. The van der Waals surface area contributed by atoms with Crippen LogP contribution in [0.5, 0.6) is 5.75 Å². The summed E-state index contributed by atoms with van der Waals surface area (Å²) in [5.41, 5.74) is 0.261. The number of benzene rings is 2. The maximum atomic E-state index is 11.8. The van der Waals surface area contributed by atoms with Crippen LogP contribution in [0.25, 0.3) is 0 Å². The van der Waals surface area contributed by atoms with Crippen molar-refractivity contribution in [3.8, 4) is 5.75 Å². The second-order valence-electron chi connectivity index (χ2n) is 4.19. The van der Waals surface area contributed by atoms with Crippen LogP contribution in [-0.2, 0) is 9.59 Å². The summed E-state index contributed by atoms with van der Waals surface area (Å²) in [7, 11) is 0. The molecule has 0 saturated carbocycles. The summed E-state index contributed by atoms with van der Waals surface area (Å²) in [4.78, 5) is 23.6. The molecule has 0 aliphatic rings. The second kappa shape index (κ2) is 6.87. The van der Waals surface area contributed by atoms with Crippen molar-refractivity contribution < 1.29 is 14.7 Å². The maximum absolute atomic E-state index is 11.8. The highest BCUT2D eigenvalue weighted by Gasteiger charge is 2.17. The summed E-state index contributed by atoms with van der Waals surface area (Å²) in [5.74, 6) is -2.15. The number of amides is 2. The monoisotopic (exact) mass is 358 g/mol. The van der Waals surface area contributed by atoms with Crippen molar-refractivity contribution in [2.45, 2.75) is 0 Å². The first-order chi connectivity index (χ1) is 10.4. The molecule has 3 N–H and O–H groups in total. The Morgan fingerprint density at radius 1 is 0.818 bits per heavy atom. The van der Waals surface area contributed by atoms with Crippen molar-refractivity contribution >= 4 is 58.0 Å². The molecule has 5 nitrogen and oxygen atoms in total. The first-order valence-corrected chi connectivity index (χ1v) is 7.06. The molecule has 0 spiro atoms. The van der Waals surface area contributed by atoms with Crippen LogP contribution in [0.1, 0.15) is 0 Å². The van der Waals surface area contributed by atoms with Gasteiger partial charge in [0.15, 0.2) is 0 Å². The van der Waals surface area contributed by atoms with Crippen LogP contribution in [0, 0.1) is 0 Å². The molecule has 0 unspecified atom stereocenters. The van der Waals surface area contributed by atoms with Gasteiger partial charge in [-0.2, -0.15) is 0 Å². The molecular formula is C14H9Cl3N2O3. The maximum Gasteiger partial charge on any atom is 0.314 e. The van der Waals surface area contributed by atoms with E-state index in [9.17, 15) is 14.7 Å². The first-order valence-electron chi connectivity index (χ1n) is 5.92. The average Bonchev–Trinajstić information content (AvgIpc) is 2.45. The molecule has 8 heteroatoms. The highest BCUT2D eigenvalue weighted by molar-refractivity contribution is 6.45. The lowest BCUT2D eigenvalue weighted by Gasteiger charge is -2.09. The molecule has 2 aromatic carbocycles. The van der Waals surface area contributed by atoms with E-state index in [0.717, 1.165) is 0 Å². The summed E-state index contributed by atoms with van der Waals surface area (Å²) in [6.07, 6.45) is 0. The molecule has 0 radical (unpaired) electrons. The zero-order chi connectivity index (χ0) is 16.3. The standard InChI is InChI=1S/C14H9Cl3N2O3/c15-7-1-3-10(9(17)5-7)18-13(21)14(22)19-11-6-8(16)2-4-12(11)20/h1-6,20H,(H,18,21)(H,19,22). The Morgan fingerprint density at radius 3 is 2.00 bits per heavy atom. The molecule has 0 atom stereocenters. The van der Waals surface area contributed by atoms with Crippen LogP contribution >= 0.6 is 34.8 Å². The van der Waals surface area contributed by atoms with Gasteiger partial charge in [-0.15, -0.1) is 0 Å². The topological polar surface area (TPSA) is 78.4 Å². The van der Waals surface area contributed by atoms with E-state index in [1.807, 2.05) is 0 Å². The van der Waals surface area contributed by atoms with Crippen LogP contribution in [0.4, 0.5) is 11.4 Å². The molecule has 0 saturated heterocycles. The van der Waals surface area contributed by atoms with E-state index in [2.05, 4.69) is 10.6 Å². The predicted molar refractivity (Wildman–Crippen MR) is 86.8 cm³/mol. The Labute approximate surface area is 140 Å². The molecule has 2 amide bonds. The number of nitrogens with one attached hydrogen (secondary N) is 2. The van der Waals surface area contributed by atoms with Crippen molar-refractivity contribution in [1.29, 1.82) is 0 Å². The van der Waals surface area contributed by atoms with Gasteiger partial charge in [-0.3, -0.25) is 9.59 Å². The third-order valence-electron chi connectivity index (χ3n) is 2.59. The van der Waals surface area contributed by atoms with Gasteiger partial charge in [0.25, 0.3) is 0 Å². The lowest BCUT2D eigenvalue weighted by molar-refractivity contribution is -0.133. The van der Waals surface area contributed by atoms with Gasteiger partial charge in [0.05, 0.1) is 16.4 Å². The lowest BCUT2D eigenvalue weighted by atomic mass is 10.3. The number of rotatable bonds is 2. The molecular weight excluding hydrogens is 351 g/mol. The SMILES string of the molecule is O=C(Nc1cc(Cl)ccc1O)C(=O)Nc1ccc(Cl)cc1Cl. The Balaban J connectivity index is 2.09. The van der Waals surface area contributed by atoms with E-state index < -0.39 is 11.8 Å². The molecule has 0 aliphatic heterocycles. The third kappa shape index (κ3) is 4.04. The molecule has 0 heterocycles. The number of anilines is 2. The molecule has 0 aliphatic carbocycles. The van der Waals surface area contributed by atoms with Gasteiger partial charge < -0.3 is 15.7 Å². The highest BCUT2D eigenvalue weighted by atomic mass is 35.5. The van der Waals surface area contributed by atoms with Gasteiger partial charge in [-0.05, 0) is 36.4 Å². The van der Waals surface area contributed by atoms with E-state index in [1.165, 1.54) is 36.4 Å². The van der Waals surface area contributed by atoms with Crippen LogP contribution in [0.3, 0.4) is 0 Å². The molecule has 22 heavy (non-hydrogen) atoms. The summed E-state index contributed by atoms with van der Waals surface area (Å²) in [6.45, 7) is 0. The van der Waals surface area contributed by atoms with Gasteiger partial charge in [0.2, 0.25) is 0 Å². The number of phenols is 1. The fraction of sp³-hybridized carbons (Fsp3) is 0. The predicted octanol–water partition coefficient (Wildman–Crippen LogP) is 3.93. The van der Waals surface area contributed by atoms with E-state index in [0.29, 0.717) is 10.0 Å². The molecule has 0 fully saturated rings. The average molecular weight is 360 g/mol. The van der Waals surface area contributed by atoms with E-state index in [1.54, 1.807) is 0 Å². The summed E-state index contributed by atoms with van der Waals surface area (Å²) < 4.78 is 0.